The first-order chi connectivity index (χ1) is 17.4. The van der Waals surface area contributed by atoms with Crippen LogP contribution in [0, 0.1) is 33.1 Å². The highest BCUT2D eigenvalue weighted by molar-refractivity contribution is 7.84. The Labute approximate surface area is 208 Å². The highest BCUT2D eigenvalue weighted by Gasteiger charge is 2.29. The molecule has 1 aromatic carbocycles. The minimum absolute atomic E-state index is 0.0360. The van der Waals surface area contributed by atoms with Crippen LogP contribution in [0.3, 0.4) is 0 Å². The summed E-state index contributed by atoms with van der Waals surface area (Å²) in [4.78, 5) is 41.2. The number of pyridine rings is 1. The van der Waals surface area contributed by atoms with Gasteiger partial charge in [0.25, 0.3) is 10.2 Å². The molecule has 2 aromatic heterocycles. The molecule has 2 heterocycles. The normalized spacial score (nSPS) is 12.5. The number of para-hydroxylation sites is 1. The van der Waals surface area contributed by atoms with E-state index in [1.54, 1.807) is 18.2 Å². The van der Waals surface area contributed by atoms with E-state index in [9.17, 15) is 37.6 Å². The molecule has 0 amide bonds. The predicted octanol–water partition coefficient (Wildman–Crippen LogP) is 3.09. The Morgan fingerprint density at radius 1 is 1.14 bits per heavy atom. The van der Waals surface area contributed by atoms with Crippen LogP contribution < -0.4 is 4.74 Å². The molecule has 0 saturated carbocycles. The molecule has 0 aliphatic heterocycles. The second-order valence-corrected chi connectivity index (χ2v) is 9.11. The number of nitrogens with zero attached hydrogens (tertiary/aromatic N) is 4. The van der Waals surface area contributed by atoms with Crippen LogP contribution in [0.5, 0.6) is 5.75 Å². The average molecular weight is 547 g/mol. The van der Waals surface area contributed by atoms with Crippen molar-refractivity contribution in [3.63, 3.8) is 0 Å². The van der Waals surface area contributed by atoms with Gasteiger partial charge in [0.2, 0.25) is 0 Å². The van der Waals surface area contributed by atoms with Gasteiger partial charge in [0.1, 0.15) is 19.0 Å². The van der Waals surface area contributed by atoms with Gasteiger partial charge in [-0.05, 0) is 31.0 Å². The molecule has 0 aliphatic carbocycles. The highest BCUT2D eigenvalue weighted by Crippen LogP contribution is 2.26. The maximum atomic E-state index is 13.0. The van der Waals surface area contributed by atoms with Crippen LogP contribution in [0.1, 0.15) is 16.8 Å². The fourth-order valence-electron chi connectivity index (χ4n) is 3.36. The van der Waals surface area contributed by atoms with Crippen LogP contribution in [-0.4, -0.2) is 55.3 Å². The van der Waals surface area contributed by atoms with E-state index in [0.717, 1.165) is 0 Å². The van der Waals surface area contributed by atoms with Gasteiger partial charge in [-0.2, -0.15) is 13.2 Å². The molecule has 0 spiro atoms. The largest absolute Gasteiger partial charge is 0.484 e. The van der Waals surface area contributed by atoms with E-state index in [2.05, 4.69) is 24.6 Å². The third-order valence-corrected chi connectivity index (χ3v) is 6.21. The third-order valence-electron chi connectivity index (χ3n) is 5.05. The number of benzene rings is 1. The second-order valence-electron chi connectivity index (χ2n) is 7.74. The molecule has 0 bridgehead atoms. The summed E-state index contributed by atoms with van der Waals surface area (Å²) in [6.45, 7) is -0.897. The Bertz CT molecular complexity index is 1280. The molecule has 200 valence electrons. The number of aromatic nitrogens is 3. The quantitative estimate of drug-likeness (QED) is 0.247. The smallest absolute Gasteiger partial charge is 0.422 e. The molecule has 17 heteroatoms. The van der Waals surface area contributed by atoms with Crippen molar-refractivity contribution in [2.45, 2.75) is 30.4 Å². The van der Waals surface area contributed by atoms with E-state index in [1.807, 2.05) is 0 Å². The Hall–Kier alpha value is -4.02. The van der Waals surface area contributed by atoms with Gasteiger partial charge in [-0.3, -0.25) is 9.19 Å². The number of fused-ring (bicyclic) bond motifs is 1. The van der Waals surface area contributed by atoms with Crippen molar-refractivity contribution < 1.29 is 42.0 Å². The lowest BCUT2D eigenvalue weighted by molar-refractivity contribution is -0.768. The van der Waals surface area contributed by atoms with Crippen LogP contribution in [-0.2, 0) is 32.6 Å². The summed E-state index contributed by atoms with van der Waals surface area (Å²) in [6, 6.07) is 6.23. The first-order valence-electron chi connectivity index (χ1n) is 10.5. The predicted molar refractivity (Wildman–Crippen MR) is 120 cm³/mol. The Morgan fingerprint density at radius 3 is 2.43 bits per heavy atom. The summed E-state index contributed by atoms with van der Waals surface area (Å²) >= 11 is 0. The van der Waals surface area contributed by atoms with Crippen LogP contribution in [0.2, 0.25) is 0 Å². The number of halogens is 3. The number of hydrogen-bond acceptors (Lipinski definition) is 10. The number of nitrogens with one attached hydrogen (secondary N) is 1. The summed E-state index contributed by atoms with van der Waals surface area (Å²) in [5.41, 5.74) is 1.96. The standard InChI is InChI=1S/C20H20F3N5O8S/c1-12-16(24-6-5-17(12)34-11-20(21,22)23)10-37(33)19-25-15-4-2-3-14(18(15)26-19)7-13(8-35-27(29)30)9-36-28(31)32/h2-6,13H,7-11H2,1H3,(H,25,26). The van der Waals surface area contributed by atoms with Crippen molar-refractivity contribution in [3.05, 3.63) is 67.5 Å². The Balaban J connectivity index is 1.79. The van der Waals surface area contributed by atoms with Gasteiger partial charge in [0, 0.05) is 17.7 Å². The first kappa shape index (κ1) is 27.6. The van der Waals surface area contributed by atoms with Crippen molar-refractivity contribution in [1.82, 2.24) is 15.0 Å². The van der Waals surface area contributed by atoms with E-state index in [-0.39, 0.29) is 28.8 Å². The number of alkyl halides is 3. The summed E-state index contributed by atoms with van der Waals surface area (Å²) in [6.07, 6.45) is -3.20. The maximum absolute atomic E-state index is 13.0. The lowest BCUT2D eigenvalue weighted by Gasteiger charge is -2.14. The number of hydrogen-bond donors (Lipinski definition) is 1. The molecule has 1 N–H and O–H groups in total. The lowest BCUT2D eigenvalue weighted by atomic mass is 10.00. The topological polar surface area (TPSA) is 173 Å². The number of rotatable bonds is 13. The Kier molecular flexibility index (Phi) is 8.80. The fraction of sp³-hybridized carbons (Fsp3) is 0.400. The van der Waals surface area contributed by atoms with Crippen molar-refractivity contribution in [3.8, 4) is 5.75 Å². The molecule has 1 atom stereocenters. The summed E-state index contributed by atoms with van der Waals surface area (Å²) < 4.78 is 55.3. The molecule has 13 nitrogen and oxygen atoms in total. The van der Waals surface area contributed by atoms with Crippen molar-refractivity contribution >= 4 is 21.8 Å². The lowest BCUT2D eigenvalue weighted by Crippen LogP contribution is -2.22. The maximum Gasteiger partial charge on any atom is 0.422 e. The number of aromatic amines is 1. The average Bonchev–Trinajstić information content (AvgIpc) is 3.26. The van der Waals surface area contributed by atoms with E-state index >= 15 is 0 Å². The highest BCUT2D eigenvalue weighted by atomic mass is 32.2. The second kappa shape index (κ2) is 11.8. The zero-order valence-corrected chi connectivity index (χ0v) is 19.9. The van der Waals surface area contributed by atoms with Gasteiger partial charge in [-0.25, -0.2) is 4.98 Å². The van der Waals surface area contributed by atoms with Gasteiger partial charge in [-0.15, -0.1) is 20.2 Å². The van der Waals surface area contributed by atoms with Crippen LogP contribution in [0.15, 0.2) is 35.6 Å². The molecule has 0 aliphatic rings. The van der Waals surface area contributed by atoms with E-state index < -0.39 is 52.9 Å². The first-order valence-corrected chi connectivity index (χ1v) is 11.8. The van der Waals surface area contributed by atoms with Crippen LogP contribution in [0.4, 0.5) is 13.2 Å². The van der Waals surface area contributed by atoms with Crippen LogP contribution in [0.25, 0.3) is 11.0 Å². The molecule has 0 fully saturated rings. The molecule has 0 saturated heterocycles. The molecule has 3 aromatic rings. The van der Waals surface area contributed by atoms with E-state index in [1.165, 1.54) is 19.2 Å². The van der Waals surface area contributed by atoms with Gasteiger partial charge in [0.05, 0.1) is 33.3 Å². The molecule has 0 radical (unpaired) electrons. The van der Waals surface area contributed by atoms with Gasteiger partial charge in [-0.1, -0.05) is 12.1 Å². The van der Waals surface area contributed by atoms with Gasteiger partial charge in [0.15, 0.2) is 11.8 Å². The zero-order valence-electron chi connectivity index (χ0n) is 19.1. The van der Waals surface area contributed by atoms with Crippen molar-refractivity contribution in [2.75, 3.05) is 19.8 Å². The zero-order chi connectivity index (χ0) is 27.2. The monoisotopic (exact) mass is 547 g/mol. The number of ether oxygens (including phenoxy) is 1. The minimum Gasteiger partial charge on any atom is -0.484 e. The Morgan fingerprint density at radius 2 is 1.81 bits per heavy atom. The number of imidazole rings is 1. The molecule has 3 rings (SSSR count). The van der Waals surface area contributed by atoms with Crippen molar-refractivity contribution in [2.24, 2.45) is 5.92 Å². The summed E-state index contributed by atoms with van der Waals surface area (Å²) in [5, 5.41) is 19.1. The fourth-order valence-corrected chi connectivity index (χ4v) is 4.46. The van der Waals surface area contributed by atoms with Gasteiger partial charge >= 0.3 is 6.18 Å². The summed E-state index contributed by atoms with van der Waals surface area (Å²) in [5.74, 6) is -0.968. The van der Waals surface area contributed by atoms with Crippen LogP contribution >= 0.6 is 0 Å². The number of H-pyrrole nitrogens is 1. The molecule has 1 unspecified atom stereocenters. The molecular formula is C20H20F3N5O8S. The van der Waals surface area contributed by atoms with Gasteiger partial charge < -0.3 is 19.4 Å². The van der Waals surface area contributed by atoms with E-state index in [0.29, 0.717) is 22.2 Å². The minimum atomic E-state index is -4.52. The third kappa shape index (κ3) is 7.99. The molecular weight excluding hydrogens is 527 g/mol. The summed E-state index contributed by atoms with van der Waals surface area (Å²) in [7, 11) is -1.78. The van der Waals surface area contributed by atoms with E-state index in [4.69, 9.17) is 4.74 Å². The SMILES string of the molecule is Cc1c(OCC(F)(F)F)ccnc1CS(=O)c1nc2c(CC(CO[N+](=O)[O-])CO[N+](=O)[O-])cccc2[nH]1. The molecule has 37 heavy (non-hydrogen) atoms. The van der Waals surface area contributed by atoms with Crippen molar-refractivity contribution in [1.29, 1.82) is 0 Å².